The van der Waals surface area contributed by atoms with Crippen molar-refractivity contribution in [3.05, 3.63) is 64.1 Å². The molecule has 0 bridgehead atoms. The van der Waals surface area contributed by atoms with Crippen LogP contribution in [0.3, 0.4) is 0 Å². The summed E-state index contributed by atoms with van der Waals surface area (Å²) in [5.74, 6) is -0.270. The topological polar surface area (TPSA) is 67.2 Å². The number of hydrogen-bond donors (Lipinski definition) is 1. The average Bonchev–Trinajstić information content (AvgIpc) is 2.61. The Morgan fingerprint density at radius 2 is 1.92 bits per heavy atom. The van der Waals surface area contributed by atoms with E-state index in [-0.39, 0.29) is 23.2 Å². The molecular formula is C19H26N4O2. The van der Waals surface area contributed by atoms with Gasteiger partial charge in [0.1, 0.15) is 5.69 Å². The predicted octanol–water partition coefficient (Wildman–Crippen LogP) is 2.08. The minimum atomic E-state index is -0.270. The lowest BCUT2D eigenvalue weighted by molar-refractivity contribution is 0.0934. The van der Waals surface area contributed by atoms with Gasteiger partial charge in [0, 0.05) is 19.2 Å². The van der Waals surface area contributed by atoms with Crippen LogP contribution in [0.25, 0.3) is 0 Å². The molecule has 1 heterocycles. The molecule has 1 unspecified atom stereocenters. The Hall–Kier alpha value is -2.47. The number of aromatic nitrogens is 2. The fourth-order valence-corrected chi connectivity index (χ4v) is 2.59. The Bertz CT molecular complexity index is 741. The molecule has 6 heteroatoms. The second-order valence-corrected chi connectivity index (χ2v) is 6.23. The zero-order valence-corrected chi connectivity index (χ0v) is 15.1. The molecule has 0 aliphatic heterocycles. The smallest absolute Gasteiger partial charge is 0.271 e. The largest absolute Gasteiger partial charge is 0.349 e. The lowest BCUT2D eigenvalue weighted by Gasteiger charge is -2.25. The predicted molar refractivity (Wildman–Crippen MR) is 98.6 cm³/mol. The van der Waals surface area contributed by atoms with Crippen molar-refractivity contribution in [3.63, 3.8) is 0 Å². The number of nitrogens with one attached hydrogen (secondary N) is 1. The fraction of sp³-hybridized carbons (Fsp3) is 0.421. The monoisotopic (exact) mass is 342 g/mol. The Balaban J connectivity index is 2.07. The third-order valence-electron chi connectivity index (χ3n) is 4.09. The molecular weight excluding hydrogens is 316 g/mol. The molecule has 1 atom stereocenters. The maximum Gasteiger partial charge on any atom is 0.271 e. The van der Waals surface area contributed by atoms with Gasteiger partial charge < -0.3 is 10.2 Å². The van der Waals surface area contributed by atoms with Crippen LogP contribution in [0.15, 0.2) is 47.3 Å². The summed E-state index contributed by atoms with van der Waals surface area (Å²) in [5, 5.41) is 7.11. The number of aryl methyl sites for hydroxylation is 1. The number of rotatable bonds is 8. The summed E-state index contributed by atoms with van der Waals surface area (Å²) in [6.07, 6.45) is 1.82. The first-order valence-electron chi connectivity index (χ1n) is 8.60. The third kappa shape index (κ3) is 5.26. The van der Waals surface area contributed by atoms with Gasteiger partial charge in [-0.15, -0.1) is 0 Å². The number of likely N-dealkylation sites (N-methyl/N-ethyl adjacent to an activating group) is 1. The summed E-state index contributed by atoms with van der Waals surface area (Å²) in [6, 6.07) is 13.0. The minimum absolute atomic E-state index is 0.0659. The fourth-order valence-electron chi connectivity index (χ4n) is 2.59. The zero-order valence-electron chi connectivity index (χ0n) is 15.1. The van der Waals surface area contributed by atoms with Gasteiger partial charge in [-0.2, -0.15) is 5.10 Å². The van der Waals surface area contributed by atoms with Gasteiger partial charge in [-0.25, -0.2) is 4.68 Å². The molecule has 0 aliphatic carbocycles. The summed E-state index contributed by atoms with van der Waals surface area (Å²) >= 11 is 0. The molecule has 25 heavy (non-hydrogen) atoms. The van der Waals surface area contributed by atoms with Gasteiger partial charge in [0.2, 0.25) is 0 Å². The van der Waals surface area contributed by atoms with E-state index in [0.717, 1.165) is 18.4 Å². The Morgan fingerprint density at radius 1 is 1.20 bits per heavy atom. The maximum atomic E-state index is 12.4. The van der Waals surface area contributed by atoms with E-state index in [0.29, 0.717) is 13.1 Å². The highest BCUT2D eigenvalue weighted by Crippen LogP contribution is 2.16. The van der Waals surface area contributed by atoms with Crippen molar-refractivity contribution < 1.29 is 4.79 Å². The van der Waals surface area contributed by atoms with E-state index in [9.17, 15) is 9.59 Å². The molecule has 1 N–H and O–H groups in total. The van der Waals surface area contributed by atoms with Crippen molar-refractivity contribution in [3.8, 4) is 0 Å². The van der Waals surface area contributed by atoms with Gasteiger partial charge in [-0.1, -0.05) is 43.7 Å². The first-order chi connectivity index (χ1) is 12.0. The zero-order chi connectivity index (χ0) is 18.2. The van der Waals surface area contributed by atoms with Gasteiger partial charge >= 0.3 is 0 Å². The molecule has 2 rings (SSSR count). The summed E-state index contributed by atoms with van der Waals surface area (Å²) in [7, 11) is 3.96. The van der Waals surface area contributed by atoms with E-state index < -0.39 is 0 Å². The third-order valence-corrected chi connectivity index (χ3v) is 4.09. The lowest BCUT2D eigenvalue weighted by atomic mass is 10.1. The molecule has 0 saturated carbocycles. The summed E-state index contributed by atoms with van der Waals surface area (Å²) in [4.78, 5) is 26.3. The molecule has 0 saturated heterocycles. The van der Waals surface area contributed by atoms with Crippen molar-refractivity contribution in [2.45, 2.75) is 32.4 Å². The minimum Gasteiger partial charge on any atom is -0.349 e. The molecule has 1 amide bonds. The summed E-state index contributed by atoms with van der Waals surface area (Å²) in [5.41, 5.74) is 1.22. The molecule has 1 aromatic carbocycles. The van der Waals surface area contributed by atoms with Crippen molar-refractivity contribution in [2.75, 3.05) is 20.6 Å². The van der Waals surface area contributed by atoms with E-state index in [1.807, 2.05) is 51.4 Å². The van der Waals surface area contributed by atoms with E-state index in [1.165, 1.54) is 16.8 Å². The molecule has 6 nitrogen and oxygen atoms in total. The van der Waals surface area contributed by atoms with Crippen LogP contribution in [0, 0.1) is 0 Å². The summed E-state index contributed by atoms with van der Waals surface area (Å²) in [6.45, 7) is 3.04. The second kappa shape index (κ2) is 9.13. The highest BCUT2D eigenvalue weighted by Gasteiger charge is 2.16. The van der Waals surface area contributed by atoms with E-state index in [4.69, 9.17) is 0 Å². The Kier molecular flexibility index (Phi) is 6.89. The molecule has 2 aromatic rings. The van der Waals surface area contributed by atoms with Crippen LogP contribution in [-0.2, 0) is 6.54 Å². The number of amides is 1. The van der Waals surface area contributed by atoms with E-state index >= 15 is 0 Å². The molecule has 0 fully saturated rings. The first kappa shape index (κ1) is 18.9. The van der Waals surface area contributed by atoms with Crippen LogP contribution >= 0.6 is 0 Å². The molecule has 0 aliphatic rings. The number of carbonyl (C=O) groups is 1. The lowest BCUT2D eigenvalue weighted by Crippen LogP contribution is -2.36. The van der Waals surface area contributed by atoms with Gasteiger partial charge in [-0.3, -0.25) is 9.59 Å². The van der Waals surface area contributed by atoms with E-state index in [2.05, 4.69) is 15.3 Å². The van der Waals surface area contributed by atoms with Crippen LogP contribution in [0.5, 0.6) is 0 Å². The standard InChI is InChI=1S/C19H26N4O2/c1-4-5-13-23-18(24)12-11-16(21-23)19(25)20-14-17(22(2)3)15-9-7-6-8-10-15/h6-12,17H,4-5,13-14H2,1-3H3,(H,20,25). The summed E-state index contributed by atoms with van der Waals surface area (Å²) < 4.78 is 1.36. The average molecular weight is 342 g/mol. The van der Waals surface area contributed by atoms with Crippen molar-refractivity contribution in [2.24, 2.45) is 0 Å². The molecule has 0 spiro atoms. The molecule has 134 valence electrons. The van der Waals surface area contributed by atoms with Crippen LogP contribution in [-0.4, -0.2) is 41.2 Å². The highest BCUT2D eigenvalue weighted by atomic mass is 16.2. The normalized spacial score (nSPS) is 12.2. The second-order valence-electron chi connectivity index (χ2n) is 6.23. The SMILES string of the molecule is CCCCn1nc(C(=O)NCC(c2ccccc2)N(C)C)ccc1=O. The van der Waals surface area contributed by atoms with Gasteiger partial charge in [0.15, 0.2) is 0 Å². The van der Waals surface area contributed by atoms with E-state index in [1.54, 1.807) is 0 Å². The number of carbonyl (C=O) groups excluding carboxylic acids is 1. The maximum absolute atomic E-state index is 12.4. The van der Waals surface area contributed by atoms with Gasteiger partial charge in [0.25, 0.3) is 11.5 Å². The van der Waals surface area contributed by atoms with Crippen LogP contribution in [0.2, 0.25) is 0 Å². The van der Waals surface area contributed by atoms with Crippen molar-refractivity contribution >= 4 is 5.91 Å². The Labute approximate surface area is 148 Å². The Morgan fingerprint density at radius 3 is 2.56 bits per heavy atom. The number of benzene rings is 1. The molecule has 0 radical (unpaired) electrons. The van der Waals surface area contributed by atoms with Gasteiger partial charge in [-0.05, 0) is 32.1 Å². The number of unbranched alkanes of at least 4 members (excludes halogenated alkanes) is 1. The first-order valence-corrected chi connectivity index (χ1v) is 8.60. The number of nitrogens with zero attached hydrogens (tertiary/aromatic N) is 3. The van der Waals surface area contributed by atoms with Gasteiger partial charge in [0.05, 0.1) is 6.04 Å². The van der Waals surface area contributed by atoms with Crippen LogP contribution in [0.4, 0.5) is 0 Å². The molecule has 1 aromatic heterocycles. The quantitative estimate of drug-likeness (QED) is 0.797. The number of hydrogen-bond acceptors (Lipinski definition) is 4. The van der Waals surface area contributed by atoms with Crippen molar-refractivity contribution in [1.29, 1.82) is 0 Å². The highest BCUT2D eigenvalue weighted by molar-refractivity contribution is 5.92. The van der Waals surface area contributed by atoms with Crippen LogP contribution in [0.1, 0.15) is 41.9 Å². The van der Waals surface area contributed by atoms with Crippen molar-refractivity contribution in [1.82, 2.24) is 20.0 Å². The van der Waals surface area contributed by atoms with Crippen LogP contribution < -0.4 is 10.9 Å².